The summed E-state index contributed by atoms with van der Waals surface area (Å²) < 4.78 is 22.5. The van der Waals surface area contributed by atoms with Gasteiger partial charge in [-0.3, -0.25) is 4.57 Å². The molecule has 112 valence electrons. The maximum Gasteiger partial charge on any atom is 0.334 e. The van der Waals surface area contributed by atoms with Crippen LogP contribution in [-0.4, -0.2) is 30.2 Å². The lowest BCUT2D eigenvalue weighted by Crippen LogP contribution is -1.98. The molecule has 1 aromatic carbocycles. The topological polar surface area (TPSA) is 55.8 Å². The fourth-order valence-corrected chi connectivity index (χ4v) is 3.81. The summed E-state index contributed by atoms with van der Waals surface area (Å²) in [6.45, 7) is 4.34. The fourth-order valence-electron chi connectivity index (χ4n) is 1.52. The highest BCUT2D eigenvalue weighted by molar-refractivity contribution is 7.99. The standard InChI is InChI=1S/C14H21O4PS/c1-3-17-19(16,18-4-2)11-7-8-12-20-14-10-6-5-9-13(14)15/h5-10,15H,3-4,11-12H2,1-2H3. The molecular formula is C14H21O4PS. The molecule has 20 heavy (non-hydrogen) atoms. The molecule has 0 aliphatic carbocycles. The van der Waals surface area contributed by atoms with E-state index in [9.17, 15) is 9.67 Å². The predicted molar refractivity (Wildman–Crippen MR) is 83.7 cm³/mol. The predicted octanol–water partition coefficient (Wildman–Crippen LogP) is 4.31. The van der Waals surface area contributed by atoms with Gasteiger partial charge in [0.15, 0.2) is 0 Å². The Balaban J connectivity index is 2.41. The van der Waals surface area contributed by atoms with Crippen LogP contribution in [0.4, 0.5) is 0 Å². The summed E-state index contributed by atoms with van der Waals surface area (Å²) in [6, 6.07) is 7.18. The van der Waals surface area contributed by atoms with Crippen molar-refractivity contribution < 1.29 is 18.7 Å². The Morgan fingerprint density at radius 1 is 1.20 bits per heavy atom. The molecule has 1 aromatic rings. The van der Waals surface area contributed by atoms with Crippen LogP contribution in [0.5, 0.6) is 5.75 Å². The van der Waals surface area contributed by atoms with E-state index in [1.54, 1.807) is 32.1 Å². The number of para-hydroxylation sites is 1. The number of phenolic OH excluding ortho intramolecular Hbond substituents is 1. The Hall–Kier alpha value is -0.740. The lowest BCUT2D eigenvalue weighted by Gasteiger charge is -2.14. The lowest BCUT2D eigenvalue weighted by molar-refractivity contribution is 0.222. The number of benzene rings is 1. The highest BCUT2D eigenvalue weighted by Gasteiger charge is 2.20. The zero-order valence-corrected chi connectivity index (χ0v) is 13.5. The summed E-state index contributed by atoms with van der Waals surface area (Å²) in [5, 5.41) is 9.61. The second-order valence-corrected chi connectivity index (χ2v) is 7.04. The van der Waals surface area contributed by atoms with Gasteiger partial charge in [0.2, 0.25) is 0 Å². The highest BCUT2D eigenvalue weighted by atomic mass is 32.2. The van der Waals surface area contributed by atoms with Gasteiger partial charge in [0, 0.05) is 10.6 Å². The van der Waals surface area contributed by atoms with Crippen molar-refractivity contribution in [2.75, 3.05) is 25.1 Å². The van der Waals surface area contributed by atoms with Crippen LogP contribution in [0, 0.1) is 0 Å². The smallest absolute Gasteiger partial charge is 0.334 e. The molecule has 0 saturated heterocycles. The first-order chi connectivity index (χ1) is 9.61. The van der Waals surface area contributed by atoms with Crippen LogP contribution >= 0.6 is 19.4 Å². The summed E-state index contributed by atoms with van der Waals surface area (Å²) in [7, 11) is -2.99. The lowest BCUT2D eigenvalue weighted by atomic mass is 10.3. The molecule has 0 unspecified atom stereocenters. The number of aromatic hydroxyl groups is 1. The van der Waals surface area contributed by atoms with E-state index < -0.39 is 7.60 Å². The van der Waals surface area contributed by atoms with Crippen molar-refractivity contribution in [1.82, 2.24) is 0 Å². The zero-order valence-electron chi connectivity index (χ0n) is 11.8. The third-order valence-electron chi connectivity index (χ3n) is 2.35. The van der Waals surface area contributed by atoms with Crippen molar-refractivity contribution in [3.8, 4) is 5.75 Å². The SMILES string of the molecule is CCOP(=O)(CC=CCSc1ccccc1O)OCC. The van der Waals surface area contributed by atoms with E-state index in [2.05, 4.69) is 0 Å². The van der Waals surface area contributed by atoms with Crippen LogP contribution < -0.4 is 0 Å². The average Bonchev–Trinajstić information content (AvgIpc) is 2.41. The van der Waals surface area contributed by atoms with Gasteiger partial charge in [-0.1, -0.05) is 24.3 Å². The quantitative estimate of drug-likeness (QED) is 0.418. The molecule has 6 heteroatoms. The normalized spacial score (nSPS) is 12.1. The Labute approximate surface area is 124 Å². The number of thioether (sulfide) groups is 1. The molecule has 1 rings (SSSR count). The molecule has 0 amide bonds. The Kier molecular flexibility index (Phi) is 8.00. The maximum absolute atomic E-state index is 12.2. The van der Waals surface area contributed by atoms with Crippen molar-refractivity contribution in [2.24, 2.45) is 0 Å². The van der Waals surface area contributed by atoms with Gasteiger partial charge in [0.25, 0.3) is 0 Å². The molecule has 0 heterocycles. The highest BCUT2D eigenvalue weighted by Crippen LogP contribution is 2.47. The van der Waals surface area contributed by atoms with Crippen molar-refractivity contribution >= 4 is 19.4 Å². The molecule has 4 nitrogen and oxygen atoms in total. The average molecular weight is 316 g/mol. The van der Waals surface area contributed by atoms with Crippen molar-refractivity contribution in [3.63, 3.8) is 0 Å². The van der Waals surface area contributed by atoms with Crippen LogP contribution in [0.1, 0.15) is 13.8 Å². The summed E-state index contributed by atoms with van der Waals surface area (Å²) >= 11 is 1.52. The summed E-state index contributed by atoms with van der Waals surface area (Å²) in [4.78, 5) is 0.829. The first-order valence-electron chi connectivity index (χ1n) is 6.55. The summed E-state index contributed by atoms with van der Waals surface area (Å²) in [5.74, 6) is 0.968. The minimum atomic E-state index is -2.99. The molecule has 0 radical (unpaired) electrons. The van der Waals surface area contributed by atoms with Gasteiger partial charge in [-0.05, 0) is 26.0 Å². The van der Waals surface area contributed by atoms with Gasteiger partial charge in [-0.2, -0.15) is 0 Å². The van der Waals surface area contributed by atoms with E-state index in [1.807, 2.05) is 18.2 Å². The van der Waals surface area contributed by atoms with Crippen molar-refractivity contribution in [2.45, 2.75) is 18.7 Å². The van der Waals surface area contributed by atoms with E-state index in [0.717, 1.165) is 4.90 Å². The van der Waals surface area contributed by atoms with Gasteiger partial charge in [-0.25, -0.2) is 0 Å². The van der Waals surface area contributed by atoms with Gasteiger partial charge < -0.3 is 14.2 Å². The Morgan fingerprint density at radius 2 is 1.85 bits per heavy atom. The first kappa shape index (κ1) is 17.3. The molecule has 0 atom stereocenters. The van der Waals surface area contributed by atoms with E-state index in [0.29, 0.717) is 19.0 Å². The number of hydrogen-bond donors (Lipinski definition) is 1. The van der Waals surface area contributed by atoms with Crippen LogP contribution in [0.3, 0.4) is 0 Å². The number of phenols is 1. The second kappa shape index (κ2) is 9.24. The summed E-state index contributed by atoms with van der Waals surface area (Å²) in [5.41, 5.74) is 0. The Bertz CT molecular complexity index is 466. The Morgan fingerprint density at radius 3 is 2.45 bits per heavy atom. The number of allylic oxidation sites excluding steroid dienone is 1. The van der Waals surface area contributed by atoms with Crippen molar-refractivity contribution in [1.29, 1.82) is 0 Å². The van der Waals surface area contributed by atoms with Crippen LogP contribution in [0.2, 0.25) is 0 Å². The molecule has 0 bridgehead atoms. The van der Waals surface area contributed by atoms with Gasteiger partial charge >= 0.3 is 7.60 Å². The summed E-state index contributed by atoms with van der Waals surface area (Å²) in [6.07, 6.45) is 3.98. The van der Waals surface area contributed by atoms with E-state index >= 15 is 0 Å². The molecule has 0 aliphatic heterocycles. The van der Waals surface area contributed by atoms with Gasteiger partial charge in [0.1, 0.15) is 5.75 Å². The van der Waals surface area contributed by atoms with E-state index in [1.165, 1.54) is 11.8 Å². The molecule has 0 aromatic heterocycles. The molecule has 1 N–H and O–H groups in total. The molecule has 0 aliphatic rings. The monoisotopic (exact) mass is 316 g/mol. The molecule has 0 fully saturated rings. The van der Waals surface area contributed by atoms with Crippen LogP contribution in [0.15, 0.2) is 41.3 Å². The first-order valence-corrected chi connectivity index (χ1v) is 9.26. The number of rotatable bonds is 9. The third kappa shape index (κ3) is 6.14. The van der Waals surface area contributed by atoms with E-state index in [4.69, 9.17) is 9.05 Å². The largest absolute Gasteiger partial charge is 0.507 e. The minimum Gasteiger partial charge on any atom is -0.507 e. The third-order valence-corrected chi connectivity index (χ3v) is 5.32. The van der Waals surface area contributed by atoms with Crippen LogP contribution in [0.25, 0.3) is 0 Å². The van der Waals surface area contributed by atoms with Gasteiger partial charge in [0.05, 0.1) is 19.4 Å². The second-order valence-electron chi connectivity index (χ2n) is 3.88. The van der Waals surface area contributed by atoms with Crippen LogP contribution in [-0.2, 0) is 13.6 Å². The molecular weight excluding hydrogens is 295 g/mol. The van der Waals surface area contributed by atoms with Crippen molar-refractivity contribution in [3.05, 3.63) is 36.4 Å². The minimum absolute atomic E-state index is 0.274. The molecule has 0 spiro atoms. The van der Waals surface area contributed by atoms with Gasteiger partial charge in [-0.15, -0.1) is 11.8 Å². The zero-order chi connectivity index (χ0) is 14.8. The molecule has 0 saturated carbocycles. The maximum atomic E-state index is 12.2. The number of hydrogen-bond acceptors (Lipinski definition) is 5. The van der Waals surface area contributed by atoms with E-state index in [-0.39, 0.29) is 11.9 Å². The fraction of sp³-hybridized carbons (Fsp3) is 0.429.